The molecule has 1 amide bonds. The Hall–Kier alpha value is -2.43. The Kier molecular flexibility index (Phi) is 3.75. The molecule has 5 heteroatoms. The average molecular weight is 257 g/mol. The summed E-state index contributed by atoms with van der Waals surface area (Å²) >= 11 is 0. The largest absolute Gasteiger partial charge is 0.508 e. The molecule has 0 saturated heterocycles. The van der Waals surface area contributed by atoms with Crippen molar-refractivity contribution in [3.8, 4) is 5.75 Å². The number of benzene rings is 1. The maximum Gasteiger partial charge on any atom is 0.251 e. The Morgan fingerprint density at radius 3 is 2.68 bits per heavy atom. The molecule has 2 aromatic rings. The van der Waals surface area contributed by atoms with Gasteiger partial charge in [0.15, 0.2) is 0 Å². The first-order valence-electron chi connectivity index (χ1n) is 5.91. The van der Waals surface area contributed by atoms with Crippen molar-refractivity contribution in [1.29, 1.82) is 0 Å². The molecule has 98 valence electrons. The Balaban J connectivity index is 2.03. The predicted octanol–water partition coefficient (Wildman–Crippen LogP) is 1.73. The normalized spacial score (nSPS) is 10.2. The van der Waals surface area contributed by atoms with E-state index < -0.39 is 0 Å². The van der Waals surface area contributed by atoms with Gasteiger partial charge < -0.3 is 10.4 Å². The van der Waals surface area contributed by atoms with E-state index in [0.29, 0.717) is 17.8 Å². The first-order valence-corrected chi connectivity index (χ1v) is 5.91. The van der Waals surface area contributed by atoms with Crippen molar-refractivity contribution in [2.45, 2.75) is 20.4 Å². The van der Waals surface area contributed by atoms with E-state index in [4.69, 9.17) is 0 Å². The SMILES string of the molecule is Cc1cnc(CNC(=O)c2ccc(O)cc2C)cn1. The second kappa shape index (κ2) is 5.48. The maximum absolute atomic E-state index is 12.0. The van der Waals surface area contributed by atoms with E-state index in [-0.39, 0.29) is 11.7 Å². The number of nitrogens with one attached hydrogen (secondary N) is 1. The highest BCUT2D eigenvalue weighted by Gasteiger charge is 2.09. The molecule has 0 atom stereocenters. The van der Waals surface area contributed by atoms with Crippen LogP contribution in [0.2, 0.25) is 0 Å². The number of nitrogens with zero attached hydrogens (tertiary/aromatic N) is 2. The summed E-state index contributed by atoms with van der Waals surface area (Å²) < 4.78 is 0. The molecule has 0 aliphatic carbocycles. The molecule has 1 aromatic heterocycles. The van der Waals surface area contributed by atoms with Crippen LogP contribution in [0, 0.1) is 13.8 Å². The number of hydrogen-bond acceptors (Lipinski definition) is 4. The number of aromatic nitrogens is 2. The number of aromatic hydroxyl groups is 1. The fourth-order valence-electron chi connectivity index (χ4n) is 1.68. The number of rotatable bonds is 3. The lowest BCUT2D eigenvalue weighted by Crippen LogP contribution is -2.24. The van der Waals surface area contributed by atoms with Crippen molar-refractivity contribution in [2.75, 3.05) is 0 Å². The van der Waals surface area contributed by atoms with Gasteiger partial charge in [-0.3, -0.25) is 14.8 Å². The second-order valence-corrected chi connectivity index (χ2v) is 4.33. The average Bonchev–Trinajstić information content (AvgIpc) is 2.37. The molecule has 0 aliphatic heterocycles. The molecule has 0 spiro atoms. The zero-order valence-corrected chi connectivity index (χ0v) is 10.8. The quantitative estimate of drug-likeness (QED) is 0.878. The number of phenols is 1. The van der Waals surface area contributed by atoms with Crippen LogP contribution < -0.4 is 5.32 Å². The number of phenolic OH excluding ortho intramolecular Hbond substituents is 1. The van der Waals surface area contributed by atoms with Crippen molar-refractivity contribution in [1.82, 2.24) is 15.3 Å². The summed E-state index contributed by atoms with van der Waals surface area (Å²) in [7, 11) is 0. The van der Waals surface area contributed by atoms with Crippen LogP contribution in [0.1, 0.15) is 27.3 Å². The van der Waals surface area contributed by atoms with E-state index in [1.165, 1.54) is 6.07 Å². The van der Waals surface area contributed by atoms with Gasteiger partial charge in [0.1, 0.15) is 5.75 Å². The maximum atomic E-state index is 12.0. The zero-order chi connectivity index (χ0) is 13.8. The van der Waals surface area contributed by atoms with Crippen LogP contribution >= 0.6 is 0 Å². The Labute approximate surface area is 111 Å². The van der Waals surface area contributed by atoms with Gasteiger partial charge in [0, 0.05) is 11.8 Å². The first-order chi connectivity index (χ1) is 9.06. The third-order valence-electron chi connectivity index (χ3n) is 2.72. The fourth-order valence-corrected chi connectivity index (χ4v) is 1.68. The lowest BCUT2D eigenvalue weighted by Gasteiger charge is -2.07. The van der Waals surface area contributed by atoms with Gasteiger partial charge >= 0.3 is 0 Å². The molecule has 0 bridgehead atoms. The molecular formula is C14H15N3O2. The Morgan fingerprint density at radius 2 is 2.05 bits per heavy atom. The zero-order valence-electron chi connectivity index (χ0n) is 10.8. The molecule has 2 N–H and O–H groups in total. The van der Waals surface area contributed by atoms with Gasteiger partial charge in [-0.05, 0) is 37.6 Å². The molecule has 2 rings (SSSR count). The number of carbonyl (C=O) groups excluding carboxylic acids is 1. The molecule has 1 heterocycles. The molecule has 0 radical (unpaired) electrons. The van der Waals surface area contributed by atoms with Gasteiger partial charge in [-0.25, -0.2) is 0 Å². The van der Waals surface area contributed by atoms with Crippen molar-refractivity contribution in [3.63, 3.8) is 0 Å². The molecule has 0 fully saturated rings. The van der Waals surface area contributed by atoms with Crippen LogP contribution in [0.15, 0.2) is 30.6 Å². The third-order valence-corrected chi connectivity index (χ3v) is 2.72. The number of hydrogen-bond donors (Lipinski definition) is 2. The van der Waals surface area contributed by atoms with Crippen LogP contribution in [0.3, 0.4) is 0 Å². The van der Waals surface area contributed by atoms with Gasteiger partial charge in [0.05, 0.1) is 24.1 Å². The standard InChI is InChI=1S/C14H15N3O2/c1-9-5-12(18)3-4-13(9)14(19)17-8-11-7-15-10(2)6-16-11/h3-7,18H,8H2,1-2H3,(H,17,19). The molecule has 0 aliphatic rings. The predicted molar refractivity (Wildman–Crippen MR) is 70.8 cm³/mol. The summed E-state index contributed by atoms with van der Waals surface area (Å²) in [6.07, 6.45) is 3.30. The molecule has 0 saturated carbocycles. The van der Waals surface area contributed by atoms with Crippen molar-refractivity contribution in [3.05, 3.63) is 53.1 Å². The number of amides is 1. The van der Waals surface area contributed by atoms with Crippen molar-refractivity contribution >= 4 is 5.91 Å². The molecule has 19 heavy (non-hydrogen) atoms. The van der Waals surface area contributed by atoms with E-state index in [1.807, 2.05) is 6.92 Å². The van der Waals surface area contributed by atoms with Crippen LogP contribution in [-0.2, 0) is 6.54 Å². The van der Waals surface area contributed by atoms with Gasteiger partial charge in [0.25, 0.3) is 5.91 Å². The molecule has 0 unspecified atom stereocenters. The van der Waals surface area contributed by atoms with Gasteiger partial charge in [-0.1, -0.05) is 0 Å². The number of carbonyl (C=O) groups is 1. The summed E-state index contributed by atoms with van der Waals surface area (Å²) in [6, 6.07) is 4.65. The Bertz CT molecular complexity index is 594. The van der Waals surface area contributed by atoms with E-state index in [0.717, 1.165) is 11.3 Å². The topological polar surface area (TPSA) is 75.1 Å². The molecule has 1 aromatic carbocycles. The Morgan fingerprint density at radius 1 is 1.26 bits per heavy atom. The monoisotopic (exact) mass is 257 g/mol. The van der Waals surface area contributed by atoms with Gasteiger partial charge in [-0.2, -0.15) is 0 Å². The summed E-state index contributed by atoms with van der Waals surface area (Å²) in [4.78, 5) is 20.3. The van der Waals surface area contributed by atoms with Crippen LogP contribution in [0.25, 0.3) is 0 Å². The van der Waals surface area contributed by atoms with E-state index in [2.05, 4.69) is 15.3 Å². The van der Waals surface area contributed by atoms with Crippen LogP contribution in [0.5, 0.6) is 5.75 Å². The van der Waals surface area contributed by atoms with Crippen molar-refractivity contribution in [2.24, 2.45) is 0 Å². The highest BCUT2D eigenvalue weighted by molar-refractivity contribution is 5.95. The fraction of sp³-hybridized carbons (Fsp3) is 0.214. The minimum Gasteiger partial charge on any atom is -0.508 e. The van der Waals surface area contributed by atoms with Crippen LogP contribution in [0.4, 0.5) is 0 Å². The highest BCUT2D eigenvalue weighted by atomic mass is 16.3. The third kappa shape index (κ3) is 3.28. The minimum absolute atomic E-state index is 0.151. The summed E-state index contributed by atoms with van der Waals surface area (Å²) in [6.45, 7) is 3.96. The lowest BCUT2D eigenvalue weighted by molar-refractivity contribution is 0.0950. The summed E-state index contributed by atoms with van der Waals surface area (Å²) in [5.41, 5.74) is 2.81. The van der Waals surface area contributed by atoms with Gasteiger partial charge in [-0.15, -0.1) is 0 Å². The minimum atomic E-state index is -0.195. The summed E-state index contributed by atoms with van der Waals surface area (Å²) in [5, 5.41) is 12.1. The lowest BCUT2D eigenvalue weighted by atomic mass is 10.1. The molecular weight excluding hydrogens is 242 g/mol. The smallest absolute Gasteiger partial charge is 0.251 e. The van der Waals surface area contributed by atoms with E-state index in [1.54, 1.807) is 31.5 Å². The summed E-state index contributed by atoms with van der Waals surface area (Å²) in [5.74, 6) is -0.0432. The first kappa shape index (κ1) is 13.0. The van der Waals surface area contributed by atoms with Crippen molar-refractivity contribution < 1.29 is 9.90 Å². The second-order valence-electron chi connectivity index (χ2n) is 4.33. The van der Waals surface area contributed by atoms with Crippen LogP contribution in [-0.4, -0.2) is 21.0 Å². The van der Waals surface area contributed by atoms with Gasteiger partial charge in [0.2, 0.25) is 0 Å². The van der Waals surface area contributed by atoms with E-state index in [9.17, 15) is 9.90 Å². The number of aryl methyl sites for hydroxylation is 2. The molecule has 5 nitrogen and oxygen atoms in total. The highest BCUT2D eigenvalue weighted by Crippen LogP contribution is 2.15. The van der Waals surface area contributed by atoms with E-state index >= 15 is 0 Å².